The van der Waals surface area contributed by atoms with Crippen LogP contribution in [0, 0.1) is 5.82 Å². The maximum atomic E-state index is 13.5. The van der Waals surface area contributed by atoms with Crippen LogP contribution in [0.1, 0.15) is 46.0 Å². The molecule has 0 aliphatic carbocycles. The van der Waals surface area contributed by atoms with Gasteiger partial charge in [-0.15, -0.1) is 0 Å². The van der Waals surface area contributed by atoms with Gasteiger partial charge in [0.25, 0.3) is 11.8 Å². The number of halogens is 1. The van der Waals surface area contributed by atoms with Crippen molar-refractivity contribution < 1.29 is 14.0 Å². The molecular formula is C20H23FN2O2. The Hall–Kier alpha value is -2.69. The molecule has 5 heteroatoms. The van der Waals surface area contributed by atoms with E-state index >= 15 is 0 Å². The van der Waals surface area contributed by atoms with E-state index < -0.39 is 0 Å². The van der Waals surface area contributed by atoms with Crippen LogP contribution in [0.15, 0.2) is 48.5 Å². The molecular weight excluding hydrogens is 319 g/mol. The van der Waals surface area contributed by atoms with Gasteiger partial charge < -0.3 is 10.6 Å². The molecule has 2 rings (SSSR count). The van der Waals surface area contributed by atoms with E-state index in [9.17, 15) is 14.0 Å². The van der Waals surface area contributed by atoms with Crippen LogP contribution in [0.5, 0.6) is 0 Å². The van der Waals surface area contributed by atoms with Crippen molar-refractivity contribution in [1.82, 2.24) is 10.6 Å². The lowest BCUT2D eigenvalue weighted by Gasteiger charge is -2.08. The van der Waals surface area contributed by atoms with Gasteiger partial charge in [0.15, 0.2) is 0 Å². The summed E-state index contributed by atoms with van der Waals surface area (Å²) in [5.41, 5.74) is 1.43. The Morgan fingerprint density at radius 1 is 0.920 bits per heavy atom. The summed E-state index contributed by atoms with van der Waals surface area (Å²) in [5, 5.41) is 5.58. The van der Waals surface area contributed by atoms with Crippen molar-refractivity contribution in [2.75, 3.05) is 13.1 Å². The maximum Gasteiger partial charge on any atom is 0.251 e. The minimum Gasteiger partial charge on any atom is -0.352 e. The molecule has 4 nitrogen and oxygen atoms in total. The minimum atomic E-state index is -0.278. The summed E-state index contributed by atoms with van der Waals surface area (Å²) in [6.07, 6.45) is 2.34. The highest BCUT2D eigenvalue weighted by Gasteiger charge is 2.10. The van der Waals surface area contributed by atoms with Gasteiger partial charge >= 0.3 is 0 Å². The quantitative estimate of drug-likeness (QED) is 0.723. The largest absolute Gasteiger partial charge is 0.352 e. The molecule has 0 unspecified atom stereocenters. The van der Waals surface area contributed by atoms with Crippen molar-refractivity contribution in [3.8, 4) is 0 Å². The fraction of sp³-hybridized carbons (Fsp3) is 0.300. The summed E-state index contributed by atoms with van der Waals surface area (Å²) in [5.74, 6) is -0.739. The Bertz CT molecular complexity index is 731. The molecule has 2 aromatic carbocycles. The number of unbranched alkanes of at least 4 members (excludes halogenated alkanes) is 1. The molecule has 2 amide bonds. The summed E-state index contributed by atoms with van der Waals surface area (Å²) in [4.78, 5) is 24.3. The molecule has 132 valence electrons. The molecule has 0 aliphatic rings. The predicted octanol–water partition coefficient (Wildman–Crippen LogP) is 3.33. The molecule has 0 saturated heterocycles. The molecule has 0 spiro atoms. The topological polar surface area (TPSA) is 58.2 Å². The molecule has 0 bridgehead atoms. The number of rotatable bonds is 8. The Morgan fingerprint density at radius 2 is 1.56 bits per heavy atom. The van der Waals surface area contributed by atoms with Gasteiger partial charge in [0, 0.05) is 24.2 Å². The minimum absolute atomic E-state index is 0.186. The highest BCUT2D eigenvalue weighted by atomic mass is 19.1. The summed E-state index contributed by atoms with van der Waals surface area (Å²) in [6, 6.07) is 13.1. The average Bonchev–Trinajstić information content (AvgIpc) is 2.63. The molecule has 0 radical (unpaired) electrons. The van der Waals surface area contributed by atoms with E-state index in [2.05, 4.69) is 17.6 Å². The van der Waals surface area contributed by atoms with Gasteiger partial charge in [0.1, 0.15) is 5.82 Å². The van der Waals surface area contributed by atoms with E-state index in [0.717, 1.165) is 12.8 Å². The first kappa shape index (κ1) is 18.6. The molecule has 2 aromatic rings. The molecule has 0 saturated carbocycles. The van der Waals surface area contributed by atoms with Crippen LogP contribution >= 0.6 is 0 Å². The first-order chi connectivity index (χ1) is 12.1. The number of amides is 2. The van der Waals surface area contributed by atoms with Gasteiger partial charge in [-0.1, -0.05) is 37.6 Å². The first-order valence-electron chi connectivity index (χ1n) is 8.51. The van der Waals surface area contributed by atoms with Crippen LogP contribution < -0.4 is 10.6 Å². The molecule has 0 atom stereocenters. The second-order valence-corrected chi connectivity index (χ2v) is 5.79. The second kappa shape index (κ2) is 9.57. The van der Waals surface area contributed by atoms with Crippen LogP contribution in [0.3, 0.4) is 0 Å². The number of benzene rings is 2. The normalized spacial score (nSPS) is 10.3. The van der Waals surface area contributed by atoms with E-state index in [1.54, 1.807) is 42.5 Å². The predicted molar refractivity (Wildman–Crippen MR) is 96.1 cm³/mol. The lowest BCUT2D eigenvalue weighted by molar-refractivity contribution is 0.0952. The summed E-state index contributed by atoms with van der Waals surface area (Å²) in [7, 11) is 0. The monoisotopic (exact) mass is 342 g/mol. The van der Waals surface area contributed by atoms with Gasteiger partial charge in [0.05, 0.1) is 0 Å². The van der Waals surface area contributed by atoms with E-state index in [-0.39, 0.29) is 17.6 Å². The Labute approximate surface area is 147 Å². The third kappa shape index (κ3) is 5.71. The van der Waals surface area contributed by atoms with Crippen LogP contribution in [0.2, 0.25) is 0 Å². The summed E-state index contributed by atoms with van der Waals surface area (Å²) in [6.45, 7) is 3.00. The van der Waals surface area contributed by atoms with Gasteiger partial charge in [-0.2, -0.15) is 0 Å². The smallest absolute Gasteiger partial charge is 0.251 e. The van der Waals surface area contributed by atoms with Gasteiger partial charge in [0.2, 0.25) is 0 Å². The molecule has 2 N–H and O–H groups in total. The number of hydrogen-bond donors (Lipinski definition) is 2. The molecule has 0 aliphatic heterocycles. The van der Waals surface area contributed by atoms with Gasteiger partial charge in [-0.05, 0) is 42.7 Å². The molecule has 0 aromatic heterocycles. The van der Waals surface area contributed by atoms with Crippen molar-refractivity contribution in [2.45, 2.75) is 26.2 Å². The van der Waals surface area contributed by atoms with Gasteiger partial charge in [-0.3, -0.25) is 9.59 Å². The van der Waals surface area contributed by atoms with E-state index in [4.69, 9.17) is 0 Å². The van der Waals surface area contributed by atoms with Crippen molar-refractivity contribution >= 4 is 11.8 Å². The number of nitrogens with one attached hydrogen (secondary N) is 2. The van der Waals surface area contributed by atoms with E-state index in [1.165, 1.54) is 6.07 Å². The fourth-order valence-corrected chi connectivity index (χ4v) is 2.40. The SMILES string of the molecule is CCCCNC(=O)c1cccc(C(=O)NCCc2ccccc2F)c1. The van der Waals surface area contributed by atoms with Crippen LogP contribution in [-0.4, -0.2) is 24.9 Å². The zero-order chi connectivity index (χ0) is 18.1. The fourth-order valence-electron chi connectivity index (χ4n) is 2.40. The third-order valence-corrected chi connectivity index (χ3v) is 3.84. The zero-order valence-corrected chi connectivity index (χ0v) is 14.3. The lowest BCUT2D eigenvalue weighted by atomic mass is 10.1. The maximum absolute atomic E-state index is 13.5. The average molecular weight is 342 g/mol. The lowest BCUT2D eigenvalue weighted by Crippen LogP contribution is -2.27. The Kier molecular flexibility index (Phi) is 7.14. The number of carbonyl (C=O) groups excluding carboxylic acids is 2. The standard InChI is InChI=1S/C20H23FN2O2/c1-2-3-12-22-19(24)16-8-6-9-17(14-16)20(25)23-13-11-15-7-4-5-10-18(15)21/h4-10,14H,2-3,11-13H2,1H3,(H,22,24)(H,23,25). The number of carbonyl (C=O) groups is 2. The van der Waals surface area contributed by atoms with Crippen LogP contribution in [0.25, 0.3) is 0 Å². The van der Waals surface area contributed by atoms with Crippen molar-refractivity contribution in [2.24, 2.45) is 0 Å². The van der Waals surface area contributed by atoms with E-state index in [1.807, 2.05) is 0 Å². The first-order valence-corrected chi connectivity index (χ1v) is 8.51. The van der Waals surface area contributed by atoms with Crippen molar-refractivity contribution in [3.05, 3.63) is 71.0 Å². The molecule has 0 fully saturated rings. The Morgan fingerprint density at radius 3 is 2.20 bits per heavy atom. The van der Waals surface area contributed by atoms with Gasteiger partial charge in [-0.25, -0.2) is 4.39 Å². The summed E-state index contributed by atoms with van der Waals surface area (Å²) >= 11 is 0. The van der Waals surface area contributed by atoms with Crippen molar-refractivity contribution in [1.29, 1.82) is 0 Å². The van der Waals surface area contributed by atoms with E-state index in [0.29, 0.717) is 36.2 Å². The summed E-state index contributed by atoms with van der Waals surface area (Å²) < 4.78 is 13.5. The third-order valence-electron chi connectivity index (χ3n) is 3.84. The highest BCUT2D eigenvalue weighted by Crippen LogP contribution is 2.08. The molecule has 0 heterocycles. The zero-order valence-electron chi connectivity index (χ0n) is 14.3. The second-order valence-electron chi connectivity index (χ2n) is 5.79. The highest BCUT2D eigenvalue weighted by molar-refractivity contribution is 5.99. The Balaban J connectivity index is 1.90. The molecule has 25 heavy (non-hydrogen) atoms. The van der Waals surface area contributed by atoms with Crippen LogP contribution in [-0.2, 0) is 6.42 Å². The number of hydrogen-bond acceptors (Lipinski definition) is 2. The van der Waals surface area contributed by atoms with Crippen molar-refractivity contribution in [3.63, 3.8) is 0 Å². The van der Waals surface area contributed by atoms with Crippen LogP contribution in [0.4, 0.5) is 4.39 Å².